The van der Waals surface area contributed by atoms with Gasteiger partial charge in [-0.1, -0.05) is 23.2 Å². The molecule has 0 amide bonds. The Morgan fingerprint density at radius 2 is 1.93 bits per heavy atom. The summed E-state index contributed by atoms with van der Waals surface area (Å²) in [6, 6.07) is 3.14. The van der Waals surface area contributed by atoms with Gasteiger partial charge in [-0.2, -0.15) is 0 Å². The van der Waals surface area contributed by atoms with E-state index in [4.69, 9.17) is 23.2 Å². The van der Waals surface area contributed by atoms with Gasteiger partial charge in [0, 0.05) is 11.5 Å². The molecule has 14 heavy (non-hydrogen) atoms. The number of halogens is 2. The molecule has 0 fully saturated rings. The van der Waals surface area contributed by atoms with Crippen LogP contribution < -0.4 is 0 Å². The standard InChI is InChI=1S/C9H6Cl2N2O/c1-4-7(14)2-5-6(12-4)3-8(10)13-9(5)11/h2-3,14H,1H3. The van der Waals surface area contributed by atoms with Crippen LogP contribution in [0.3, 0.4) is 0 Å². The Bertz CT molecular complexity index is 514. The van der Waals surface area contributed by atoms with Gasteiger partial charge in [-0.3, -0.25) is 0 Å². The SMILES string of the molecule is Cc1nc2cc(Cl)nc(Cl)c2cc1O. The van der Waals surface area contributed by atoms with Crippen LogP contribution >= 0.6 is 23.2 Å². The molecule has 2 heterocycles. The van der Waals surface area contributed by atoms with Gasteiger partial charge >= 0.3 is 0 Å². The van der Waals surface area contributed by atoms with Gasteiger partial charge in [0.05, 0.1) is 11.2 Å². The number of hydrogen-bond donors (Lipinski definition) is 1. The number of nitrogens with zero attached hydrogens (tertiary/aromatic N) is 2. The Balaban J connectivity index is 2.89. The summed E-state index contributed by atoms with van der Waals surface area (Å²) in [6.45, 7) is 1.71. The average molecular weight is 229 g/mol. The first kappa shape index (κ1) is 9.49. The molecule has 2 aromatic rings. The van der Waals surface area contributed by atoms with Gasteiger partial charge in [-0.15, -0.1) is 0 Å². The highest BCUT2D eigenvalue weighted by atomic mass is 35.5. The quantitative estimate of drug-likeness (QED) is 0.706. The zero-order valence-corrected chi connectivity index (χ0v) is 8.76. The number of rotatable bonds is 0. The molecule has 0 saturated carbocycles. The lowest BCUT2D eigenvalue weighted by atomic mass is 10.2. The second-order valence-electron chi connectivity index (χ2n) is 2.90. The summed E-state index contributed by atoms with van der Waals surface area (Å²) >= 11 is 11.6. The fourth-order valence-corrected chi connectivity index (χ4v) is 1.66. The van der Waals surface area contributed by atoms with Crippen LogP contribution in [-0.4, -0.2) is 15.1 Å². The van der Waals surface area contributed by atoms with Crippen molar-refractivity contribution in [3.8, 4) is 5.75 Å². The fourth-order valence-electron chi connectivity index (χ4n) is 1.19. The Morgan fingerprint density at radius 1 is 1.21 bits per heavy atom. The summed E-state index contributed by atoms with van der Waals surface area (Å²) in [5.41, 5.74) is 1.17. The van der Waals surface area contributed by atoms with Crippen LogP contribution in [0.25, 0.3) is 10.9 Å². The lowest BCUT2D eigenvalue weighted by Gasteiger charge is -2.03. The van der Waals surface area contributed by atoms with E-state index in [1.54, 1.807) is 13.0 Å². The Hall–Kier alpha value is -1.06. The number of fused-ring (bicyclic) bond motifs is 1. The molecule has 0 aliphatic heterocycles. The van der Waals surface area contributed by atoms with Crippen LogP contribution in [0.5, 0.6) is 5.75 Å². The fraction of sp³-hybridized carbons (Fsp3) is 0.111. The Morgan fingerprint density at radius 3 is 2.64 bits per heavy atom. The molecular weight excluding hydrogens is 223 g/mol. The monoisotopic (exact) mass is 228 g/mol. The topological polar surface area (TPSA) is 46.0 Å². The second kappa shape index (κ2) is 3.26. The van der Waals surface area contributed by atoms with Crippen molar-refractivity contribution in [3.05, 3.63) is 28.1 Å². The van der Waals surface area contributed by atoms with Crippen molar-refractivity contribution in [2.75, 3.05) is 0 Å². The predicted octanol–water partition coefficient (Wildman–Crippen LogP) is 2.95. The molecule has 0 aliphatic rings. The third-order valence-corrected chi connectivity index (χ3v) is 2.38. The first-order valence-electron chi connectivity index (χ1n) is 3.90. The van der Waals surface area contributed by atoms with Crippen LogP contribution in [0, 0.1) is 6.92 Å². The van der Waals surface area contributed by atoms with E-state index in [2.05, 4.69) is 9.97 Å². The molecule has 0 aromatic carbocycles. The van der Waals surface area contributed by atoms with Crippen molar-refractivity contribution in [2.45, 2.75) is 6.92 Å². The molecule has 0 saturated heterocycles. The van der Waals surface area contributed by atoms with E-state index in [0.717, 1.165) is 0 Å². The highest BCUT2D eigenvalue weighted by Gasteiger charge is 2.07. The molecule has 0 radical (unpaired) electrons. The second-order valence-corrected chi connectivity index (χ2v) is 3.64. The van der Waals surface area contributed by atoms with Gasteiger partial charge in [0.25, 0.3) is 0 Å². The summed E-state index contributed by atoms with van der Waals surface area (Å²) < 4.78 is 0. The molecule has 3 nitrogen and oxygen atoms in total. The van der Waals surface area contributed by atoms with Crippen LogP contribution in [0.4, 0.5) is 0 Å². The highest BCUT2D eigenvalue weighted by molar-refractivity contribution is 6.36. The van der Waals surface area contributed by atoms with Crippen molar-refractivity contribution >= 4 is 34.1 Å². The van der Waals surface area contributed by atoms with Crippen molar-refractivity contribution < 1.29 is 5.11 Å². The number of aromatic nitrogens is 2. The Labute approximate surface area is 90.3 Å². The van der Waals surface area contributed by atoms with Gasteiger partial charge in [0.1, 0.15) is 16.1 Å². The van der Waals surface area contributed by atoms with E-state index in [9.17, 15) is 5.11 Å². The minimum atomic E-state index is 0.100. The predicted molar refractivity (Wildman–Crippen MR) is 56.0 cm³/mol. The van der Waals surface area contributed by atoms with E-state index >= 15 is 0 Å². The zero-order valence-electron chi connectivity index (χ0n) is 7.25. The normalized spacial score (nSPS) is 10.8. The van der Waals surface area contributed by atoms with E-state index in [-0.39, 0.29) is 10.9 Å². The third-order valence-electron chi connectivity index (χ3n) is 1.90. The van der Waals surface area contributed by atoms with Gasteiger partial charge in [0.2, 0.25) is 0 Å². The summed E-state index contributed by atoms with van der Waals surface area (Å²) in [7, 11) is 0. The largest absolute Gasteiger partial charge is 0.506 e. The van der Waals surface area contributed by atoms with E-state index in [1.165, 1.54) is 6.07 Å². The first-order valence-corrected chi connectivity index (χ1v) is 4.66. The van der Waals surface area contributed by atoms with Crippen molar-refractivity contribution in [1.82, 2.24) is 9.97 Å². The van der Waals surface area contributed by atoms with Crippen molar-refractivity contribution in [3.63, 3.8) is 0 Å². The lowest BCUT2D eigenvalue weighted by molar-refractivity contribution is 0.469. The third kappa shape index (κ3) is 1.49. The molecule has 0 spiro atoms. The maximum absolute atomic E-state index is 9.43. The minimum absolute atomic E-state index is 0.100. The molecule has 1 N–H and O–H groups in total. The molecule has 2 rings (SSSR count). The average Bonchev–Trinajstić information content (AvgIpc) is 2.08. The van der Waals surface area contributed by atoms with Gasteiger partial charge < -0.3 is 5.11 Å². The maximum atomic E-state index is 9.43. The van der Waals surface area contributed by atoms with Crippen LogP contribution in [0.15, 0.2) is 12.1 Å². The van der Waals surface area contributed by atoms with Crippen molar-refractivity contribution in [1.29, 1.82) is 0 Å². The molecule has 5 heteroatoms. The maximum Gasteiger partial charge on any atom is 0.140 e. The smallest absolute Gasteiger partial charge is 0.140 e. The molecule has 72 valence electrons. The summed E-state index contributed by atoms with van der Waals surface area (Å²) in [6.07, 6.45) is 0. The van der Waals surface area contributed by atoms with Gasteiger partial charge in [-0.25, -0.2) is 9.97 Å². The zero-order chi connectivity index (χ0) is 10.3. The molecule has 0 unspecified atom stereocenters. The molecule has 2 aromatic heterocycles. The van der Waals surface area contributed by atoms with Crippen LogP contribution in [0.1, 0.15) is 5.69 Å². The molecular formula is C9H6Cl2N2O. The van der Waals surface area contributed by atoms with Gasteiger partial charge in [0.15, 0.2) is 0 Å². The minimum Gasteiger partial charge on any atom is -0.506 e. The van der Waals surface area contributed by atoms with Gasteiger partial charge in [-0.05, 0) is 13.0 Å². The number of hydrogen-bond acceptors (Lipinski definition) is 3. The number of aryl methyl sites for hydroxylation is 1. The molecule has 0 bridgehead atoms. The van der Waals surface area contributed by atoms with Crippen LogP contribution in [0.2, 0.25) is 10.3 Å². The first-order chi connectivity index (χ1) is 6.58. The molecule has 0 atom stereocenters. The Kier molecular flexibility index (Phi) is 2.21. The van der Waals surface area contributed by atoms with Crippen LogP contribution in [-0.2, 0) is 0 Å². The summed E-state index contributed by atoms with van der Waals surface area (Å²) in [5.74, 6) is 0.100. The lowest BCUT2D eigenvalue weighted by Crippen LogP contribution is -1.87. The summed E-state index contributed by atoms with van der Waals surface area (Å²) in [4.78, 5) is 7.99. The van der Waals surface area contributed by atoms with E-state index < -0.39 is 0 Å². The number of pyridine rings is 2. The van der Waals surface area contributed by atoms with E-state index in [0.29, 0.717) is 21.7 Å². The number of aromatic hydroxyl groups is 1. The molecule has 0 aliphatic carbocycles. The summed E-state index contributed by atoms with van der Waals surface area (Å²) in [5, 5.41) is 10.6. The van der Waals surface area contributed by atoms with Crippen molar-refractivity contribution in [2.24, 2.45) is 0 Å². The highest BCUT2D eigenvalue weighted by Crippen LogP contribution is 2.27. The van der Waals surface area contributed by atoms with E-state index in [1.807, 2.05) is 0 Å².